The Morgan fingerprint density at radius 3 is 1.62 bits per heavy atom. The number of hydrogen-bond acceptors (Lipinski definition) is 10. The Labute approximate surface area is 469 Å². The van der Waals surface area contributed by atoms with Gasteiger partial charge in [-0.2, -0.15) is 0 Å². The van der Waals surface area contributed by atoms with Gasteiger partial charge in [-0.15, -0.1) is 0 Å². The molecular formula is C62H112O10Si4. The maximum Gasteiger partial charge on any atom is 0.341 e. The van der Waals surface area contributed by atoms with E-state index in [0.29, 0.717) is 47.6 Å². The molecule has 1 heterocycles. The van der Waals surface area contributed by atoms with Gasteiger partial charge in [-0.25, -0.2) is 4.79 Å². The average Bonchev–Trinajstić information content (AvgIpc) is 3.29. The molecule has 3 rings (SSSR count). The van der Waals surface area contributed by atoms with Gasteiger partial charge in [0.1, 0.15) is 28.9 Å². The van der Waals surface area contributed by atoms with E-state index in [9.17, 15) is 4.79 Å². The Kier molecular flexibility index (Phi) is 23.9. The number of benzene rings is 2. The largest absolute Gasteiger partial charge is 0.542 e. The number of methoxy groups -OCH3 is 2. The lowest BCUT2D eigenvalue weighted by molar-refractivity contribution is -0.208. The third kappa shape index (κ3) is 15.2. The second-order valence-electron chi connectivity index (χ2n) is 28.1. The minimum absolute atomic E-state index is 0.0284. The van der Waals surface area contributed by atoms with Crippen LogP contribution >= 0.6 is 0 Å². The fraction of sp³-hybridized carbons (Fsp3) is 0.774. The molecule has 10 nitrogen and oxygen atoms in total. The molecule has 1 aliphatic rings. The molecule has 1 fully saturated rings. The van der Waals surface area contributed by atoms with Gasteiger partial charge in [-0.05, 0) is 99.5 Å². The van der Waals surface area contributed by atoms with Crippen LogP contribution in [0.25, 0.3) is 0 Å². The van der Waals surface area contributed by atoms with Crippen molar-refractivity contribution in [2.24, 2.45) is 11.3 Å². The van der Waals surface area contributed by atoms with Gasteiger partial charge in [0.2, 0.25) is 0 Å². The van der Waals surface area contributed by atoms with Gasteiger partial charge in [0.05, 0.1) is 44.7 Å². The van der Waals surface area contributed by atoms with E-state index in [1.807, 2.05) is 31.2 Å². The summed E-state index contributed by atoms with van der Waals surface area (Å²) in [6, 6.07) is 12.2. The van der Waals surface area contributed by atoms with E-state index in [-0.39, 0.29) is 51.4 Å². The maximum absolute atomic E-state index is 15.6. The third-order valence-corrected chi connectivity index (χ3v) is 39.9. The quantitative estimate of drug-likeness (QED) is 0.0634. The van der Waals surface area contributed by atoms with Crippen LogP contribution in [0, 0.1) is 18.3 Å². The molecule has 436 valence electrons. The van der Waals surface area contributed by atoms with Gasteiger partial charge < -0.3 is 36.7 Å². The Balaban J connectivity index is 2.37. The van der Waals surface area contributed by atoms with Crippen LogP contribution in [0.4, 0.5) is 0 Å². The molecule has 0 aliphatic carbocycles. The Morgan fingerprint density at radius 2 is 1.18 bits per heavy atom. The summed E-state index contributed by atoms with van der Waals surface area (Å²) in [6.45, 7) is 59.2. The molecule has 76 heavy (non-hydrogen) atoms. The predicted molar refractivity (Wildman–Crippen MR) is 326 cm³/mol. The van der Waals surface area contributed by atoms with Crippen molar-refractivity contribution in [2.45, 2.75) is 278 Å². The molecule has 1 aliphatic heterocycles. The fourth-order valence-electron chi connectivity index (χ4n) is 11.9. The summed E-state index contributed by atoms with van der Waals surface area (Å²) < 4.78 is 55.6. The summed E-state index contributed by atoms with van der Waals surface area (Å²) in [7, 11) is -6.96. The van der Waals surface area contributed by atoms with Crippen molar-refractivity contribution >= 4 is 45.0 Å². The van der Waals surface area contributed by atoms with Gasteiger partial charge in [0, 0.05) is 37.4 Å². The summed E-state index contributed by atoms with van der Waals surface area (Å²) in [6.07, 6.45) is -1.13. The Morgan fingerprint density at radius 1 is 0.711 bits per heavy atom. The van der Waals surface area contributed by atoms with Gasteiger partial charge in [0.25, 0.3) is 16.6 Å². The molecular weight excluding hydrogens is 1020 g/mol. The van der Waals surface area contributed by atoms with Crippen molar-refractivity contribution in [3.8, 4) is 11.5 Å². The van der Waals surface area contributed by atoms with Crippen LogP contribution in [0.15, 0.2) is 36.4 Å². The van der Waals surface area contributed by atoms with Crippen molar-refractivity contribution in [3.63, 3.8) is 0 Å². The van der Waals surface area contributed by atoms with Crippen LogP contribution in [0.5, 0.6) is 11.5 Å². The molecule has 0 saturated carbocycles. The monoisotopic (exact) mass is 1130 g/mol. The molecule has 0 spiro atoms. The maximum atomic E-state index is 15.6. The van der Waals surface area contributed by atoms with E-state index in [0.717, 1.165) is 22.4 Å². The van der Waals surface area contributed by atoms with Gasteiger partial charge in [-0.1, -0.05) is 176 Å². The first-order valence-corrected chi connectivity index (χ1v) is 39.1. The lowest BCUT2D eigenvalue weighted by atomic mass is 9.73. The summed E-state index contributed by atoms with van der Waals surface area (Å²) >= 11 is 0. The summed E-state index contributed by atoms with van der Waals surface area (Å²) in [5.74, 6) is 0.194. The fourth-order valence-corrected chi connectivity index (χ4v) is 25.3. The standard InChI is InChI=1S/C62H112O10Si4/c1-40(2)75(41(3)4,42(5)6)70-52-36-54(71-76(43(7)8,44(9)10)45(11)12)58(59(64)66-24)49(46(52)13)34-51(69-73(25,26)60(15,16)17)47(14)50(63)35-56-62(21,22)57(72-74(27,28)61(18,19)20)37-53(68-56)55(65-23)39-67-38-48-32-30-29-31-33-48/h29-33,36,40-45,47,51,53,55-57H,34-35,37-39H2,1-28H3/t47-,51-,53+,55-,56-,57-/m1/s1. The molecule has 14 heteroatoms. The SMILES string of the molecule is COC(=O)c1c(O[Si](C(C)C)(C(C)C)C(C)C)cc(O[Si](C(C)C)(C(C)C)C(C)C)c(C)c1C[C@@H](O[Si](C)(C)C(C)(C)C)[C@H](C)C(=O)C[C@H]1O[C@H]([C@@H](COCc2ccccc2)OC)C[C@@H](O[Si](C)(C)C(C)(C)C)C1(C)C. The smallest absolute Gasteiger partial charge is 0.341 e. The zero-order valence-corrected chi connectivity index (χ0v) is 57.5. The number of hydrogen-bond donors (Lipinski definition) is 0. The van der Waals surface area contributed by atoms with Crippen LogP contribution in [-0.4, -0.2) is 96.4 Å². The zero-order valence-electron chi connectivity index (χ0n) is 53.5. The minimum atomic E-state index is -2.67. The number of rotatable bonds is 27. The number of esters is 1. The highest BCUT2D eigenvalue weighted by atomic mass is 28.4. The highest BCUT2D eigenvalue weighted by Crippen LogP contribution is 2.51. The van der Waals surface area contributed by atoms with Crippen molar-refractivity contribution < 1.29 is 46.2 Å². The molecule has 2 aromatic rings. The number of carbonyl (C=O) groups excluding carboxylic acids is 2. The van der Waals surface area contributed by atoms with Gasteiger partial charge in [-0.3, -0.25) is 4.79 Å². The number of ketones is 1. The first-order valence-electron chi connectivity index (χ1n) is 29.0. The lowest BCUT2D eigenvalue weighted by Crippen LogP contribution is -2.59. The molecule has 1 saturated heterocycles. The van der Waals surface area contributed by atoms with Crippen molar-refractivity contribution in [1.29, 1.82) is 0 Å². The molecule has 2 aromatic carbocycles. The minimum Gasteiger partial charge on any atom is -0.542 e. The first-order chi connectivity index (χ1) is 34.7. The van der Waals surface area contributed by atoms with Crippen LogP contribution in [-0.2, 0) is 45.6 Å². The van der Waals surface area contributed by atoms with E-state index in [4.69, 9.17) is 36.7 Å². The van der Waals surface area contributed by atoms with Gasteiger partial charge in [0.15, 0.2) is 16.6 Å². The number of carbonyl (C=O) groups is 2. The van der Waals surface area contributed by atoms with Crippen LogP contribution in [0.2, 0.25) is 69.5 Å². The third-order valence-electron chi connectivity index (χ3n) is 18.9. The predicted octanol–water partition coefficient (Wildman–Crippen LogP) is 17.2. The number of Topliss-reactive ketones (excluding diaryl/α,β-unsaturated/α-hetero) is 1. The van der Waals surface area contributed by atoms with E-state index in [1.165, 1.54) is 7.11 Å². The van der Waals surface area contributed by atoms with Crippen LogP contribution < -0.4 is 8.85 Å². The van der Waals surface area contributed by atoms with Crippen molar-refractivity contribution in [1.82, 2.24) is 0 Å². The Hall–Kier alpha value is -2.15. The van der Waals surface area contributed by atoms with Crippen molar-refractivity contribution in [3.05, 3.63) is 58.7 Å². The van der Waals surface area contributed by atoms with E-state index >= 15 is 4.79 Å². The molecule has 6 atom stereocenters. The van der Waals surface area contributed by atoms with E-state index < -0.39 is 75.0 Å². The van der Waals surface area contributed by atoms with Crippen molar-refractivity contribution in [2.75, 3.05) is 20.8 Å². The second kappa shape index (κ2) is 26.6. The second-order valence-corrected chi connectivity index (χ2v) is 48.4. The number of ether oxygens (including phenoxy) is 4. The first kappa shape index (κ1) is 68.1. The average molecular weight is 1130 g/mol. The lowest BCUT2D eigenvalue weighted by Gasteiger charge is -2.52. The summed E-state index contributed by atoms with van der Waals surface area (Å²) in [5.41, 5.74) is 4.10. The van der Waals surface area contributed by atoms with Crippen LogP contribution in [0.3, 0.4) is 0 Å². The highest BCUT2D eigenvalue weighted by molar-refractivity contribution is 6.79. The highest BCUT2D eigenvalue weighted by Gasteiger charge is 2.54. The normalized spacial score (nSPS) is 19.5. The molecule has 0 unspecified atom stereocenters. The molecule has 0 N–H and O–H groups in total. The molecule has 0 amide bonds. The molecule has 0 bridgehead atoms. The Bertz CT molecular complexity index is 2130. The summed E-state index contributed by atoms with van der Waals surface area (Å²) in [5, 5.41) is -0.224. The van der Waals surface area contributed by atoms with Gasteiger partial charge >= 0.3 is 5.97 Å². The zero-order chi connectivity index (χ0) is 58.5. The van der Waals surface area contributed by atoms with Crippen LogP contribution in [0.1, 0.15) is 185 Å². The summed E-state index contributed by atoms with van der Waals surface area (Å²) in [4.78, 5) is 30.4. The van der Waals surface area contributed by atoms with E-state index in [2.05, 4.69) is 184 Å². The topological polar surface area (TPSA) is 108 Å². The molecule has 0 radical (unpaired) electrons. The molecule has 0 aromatic heterocycles. The van der Waals surface area contributed by atoms with E-state index in [1.54, 1.807) is 7.11 Å².